The molecular weight excluding hydrogens is 290 g/mol. The van der Waals surface area contributed by atoms with E-state index in [0.29, 0.717) is 11.8 Å². The predicted octanol–water partition coefficient (Wildman–Crippen LogP) is 2.45. The third kappa shape index (κ3) is 4.78. The minimum Gasteiger partial charge on any atom is -0.411 e. The molecular formula is C17H31N5O. The van der Waals surface area contributed by atoms with Gasteiger partial charge in [-0.25, -0.2) is 0 Å². The third-order valence-corrected chi connectivity index (χ3v) is 4.64. The summed E-state index contributed by atoms with van der Waals surface area (Å²) >= 11 is 0. The molecule has 0 spiro atoms. The van der Waals surface area contributed by atoms with Gasteiger partial charge in [-0.3, -0.25) is 9.58 Å². The van der Waals surface area contributed by atoms with Gasteiger partial charge >= 0.3 is 0 Å². The van der Waals surface area contributed by atoms with Crippen molar-refractivity contribution >= 4 is 5.71 Å². The maximum atomic E-state index is 9.26. The SMILES string of the molecule is CN(C)CC/C(=N\O)c1cnn(C2CCN(C(C)(C)C)CC2)c1. The lowest BCUT2D eigenvalue weighted by molar-refractivity contribution is 0.0870. The first-order valence-electron chi connectivity index (χ1n) is 8.46. The Bertz CT molecular complexity index is 521. The van der Waals surface area contributed by atoms with Crippen LogP contribution in [0.1, 0.15) is 51.6 Å². The highest BCUT2D eigenvalue weighted by atomic mass is 16.4. The van der Waals surface area contributed by atoms with Crippen LogP contribution in [0.25, 0.3) is 0 Å². The molecule has 6 nitrogen and oxygen atoms in total. The Morgan fingerprint density at radius 2 is 2.00 bits per heavy atom. The van der Waals surface area contributed by atoms with Crippen LogP contribution in [-0.2, 0) is 0 Å². The molecule has 1 saturated heterocycles. The second-order valence-electron chi connectivity index (χ2n) is 7.70. The van der Waals surface area contributed by atoms with Crippen molar-refractivity contribution in [3.05, 3.63) is 18.0 Å². The van der Waals surface area contributed by atoms with Gasteiger partial charge in [0.25, 0.3) is 0 Å². The van der Waals surface area contributed by atoms with Gasteiger partial charge in [0, 0.05) is 43.4 Å². The van der Waals surface area contributed by atoms with Gasteiger partial charge in [-0.2, -0.15) is 5.10 Å². The van der Waals surface area contributed by atoms with E-state index in [0.717, 1.165) is 44.5 Å². The molecule has 0 aliphatic carbocycles. The van der Waals surface area contributed by atoms with E-state index >= 15 is 0 Å². The summed E-state index contributed by atoms with van der Waals surface area (Å²) < 4.78 is 2.05. The molecule has 1 fully saturated rings. The number of hydrogen-bond acceptors (Lipinski definition) is 5. The van der Waals surface area contributed by atoms with Crippen molar-refractivity contribution in [2.75, 3.05) is 33.7 Å². The molecule has 0 saturated carbocycles. The first-order valence-corrected chi connectivity index (χ1v) is 8.46. The topological polar surface area (TPSA) is 56.9 Å². The Balaban J connectivity index is 1.97. The molecule has 0 amide bonds. The second-order valence-corrected chi connectivity index (χ2v) is 7.70. The van der Waals surface area contributed by atoms with Crippen molar-refractivity contribution in [2.24, 2.45) is 5.16 Å². The minimum absolute atomic E-state index is 0.239. The fraction of sp³-hybridized carbons (Fsp3) is 0.765. The van der Waals surface area contributed by atoms with Gasteiger partial charge in [-0.05, 0) is 47.7 Å². The molecule has 23 heavy (non-hydrogen) atoms. The quantitative estimate of drug-likeness (QED) is 0.514. The summed E-state index contributed by atoms with van der Waals surface area (Å²) in [6, 6.07) is 0.441. The van der Waals surface area contributed by atoms with Crippen molar-refractivity contribution in [1.82, 2.24) is 19.6 Å². The van der Waals surface area contributed by atoms with Gasteiger partial charge < -0.3 is 10.1 Å². The van der Waals surface area contributed by atoms with Crippen molar-refractivity contribution in [3.8, 4) is 0 Å². The van der Waals surface area contributed by atoms with Crippen LogP contribution in [0.15, 0.2) is 17.5 Å². The van der Waals surface area contributed by atoms with Gasteiger partial charge in [0.05, 0.1) is 18.0 Å². The van der Waals surface area contributed by atoms with E-state index in [2.05, 4.69) is 45.5 Å². The molecule has 2 heterocycles. The number of aromatic nitrogens is 2. The van der Waals surface area contributed by atoms with Crippen LogP contribution in [-0.4, -0.2) is 69.8 Å². The zero-order valence-electron chi connectivity index (χ0n) is 15.2. The van der Waals surface area contributed by atoms with Gasteiger partial charge in [0.1, 0.15) is 0 Å². The van der Waals surface area contributed by atoms with Crippen molar-refractivity contribution < 1.29 is 5.21 Å². The van der Waals surface area contributed by atoms with Crippen molar-refractivity contribution in [2.45, 2.75) is 51.6 Å². The lowest BCUT2D eigenvalue weighted by Crippen LogP contribution is -2.46. The largest absolute Gasteiger partial charge is 0.411 e. The van der Waals surface area contributed by atoms with E-state index in [9.17, 15) is 5.21 Å². The van der Waals surface area contributed by atoms with Crippen LogP contribution in [0.5, 0.6) is 0 Å². The molecule has 0 radical (unpaired) electrons. The van der Waals surface area contributed by atoms with Crippen LogP contribution in [0.2, 0.25) is 0 Å². The number of likely N-dealkylation sites (tertiary alicyclic amines) is 1. The molecule has 1 N–H and O–H groups in total. The number of piperidine rings is 1. The fourth-order valence-electron chi connectivity index (χ4n) is 3.07. The first-order chi connectivity index (χ1) is 10.8. The predicted molar refractivity (Wildman–Crippen MR) is 93.3 cm³/mol. The molecule has 130 valence electrons. The highest BCUT2D eigenvalue weighted by Crippen LogP contribution is 2.26. The molecule has 6 heteroatoms. The summed E-state index contributed by atoms with van der Waals surface area (Å²) in [4.78, 5) is 4.61. The molecule has 1 aromatic rings. The van der Waals surface area contributed by atoms with Gasteiger partial charge in [0.15, 0.2) is 0 Å². The molecule has 0 aromatic carbocycles. The highest BCUT2D eigenvalue weighted by Gasteiger charge is 2.28. The standard InChI is InChI=1S/C17H31N5O/c1-17(2,3)21-10-6-15(7-11-21)22-13-14(12-18-22)16(19-23)8-9-20(4)5/h12-13,15,23H,6-11H2,1-5H3/b19-16+. The summed E-state index contributed by atoms with van der Waals surface area (Å²) in [6.45, 7) is 9.88. The van der Waals surface area contributed by atoms with Gasteiger partial charge in [-0.1, -0.05) is 5.16 Å². The maximum absolute atomic E-state index is 9.26. The van der Waals surface area contributed by atoms with Crippen LogP contribution in [0.3, 0.4) is 0 Å². The summed E-state index contributed by atoms with van der Waals surface area (Å²) in [6.07, 6.45) is 6.80. The van der Waals surface area contributed by atoms with Crippen LogP contribution in [0, 0.1) is 0 Å². The first kappa shape index (κ1) is 17.9. The Hall–Kier alpha value is -1.40. The normalized spacial score (nSPS) is 18.8. The van der Waals surface area contributed by atoms with E-state index < -0.39 is 0 Å². The molecule has 0 atom stereocenters. The monoisotopic (exact) mass is 321 g/mol. The smallest absolute Gasteiger partial charge is 0.0912 e. The second kappa shape index (κ2) is 7.45. The summed E-state index contributed by atoms with van der Waals surface area (Å²) in [7, 11) is 4.03. The molecule has 1 aromatic heterocycles. The Kier molecular flexibility index (Phi) is 5.81. The summed E-state index contributed by atoms with van der Waals surface area (Å²) in [5, 5.41) is 17.2. The Morgan fingerprint density at radius 1 is 1.35 bits per heavy atom. The lowest BCUT2D eigenvalue weighted by atomic mass is 9.98. The Labute approximate surface area is 139 Å². The zero-order chi connectivity index (χ0) is 17.0. The molecule has 0 unspecified atom stereocenters. The van der Waals surface area contributed by atoms with E-state index in [1.807, 2.05) is 26.5 Å². The number of hydrogen-bond donors (Lipinski definition) is 1. The summed E-state index contributed by atoms with van der Waals surface area (Å²) in [5.74, 6) is 0. The van der Waals surface area contributed by atoms with E-state index in [1.165, 1.54) is 0 Å². The van der Waals surface area contributed by atoms with Crippen LogP contribution < -0.4 is 0 Å². The summed E-state index contributed by atoms with van der Waals surface area (Å²) in [5.41, 5.74) is 1.87. The number of oxime groups is 1. The van der Waals surface area contributed by atoms with E-state index in [1.54, 1.807) is 0 Å². The molecule has 2 rings (SSSR count). The molecule has 1 aliphatic heterocycles. The minimum atomic E-state index is 0.239. The average Bonchev–Trinajstić information content (AvgIpc) is 2.97. The lowest BCUT2D eigenvalue weighted by Gasteiger charge is -2.40. The van der Waals surface area contributed by atoms with Crippen molar-refractivity contribution in [3.63, 3.8) is 0 Å². The Morgan fingerprint density at radius 3 is 2.52 bits per heavy atom. The van der Waals surface area contributed by atoms with Gasteiger partial charge in [0.2, 0.25) is 0 Å². The van der Waals surface area contributed by atoms with E-state index in [4.69, 9.17) is 0 Å². The number of rotatable bonds is 5. The van der Waals surface area contributed by atoms with Crippen LogP contribution in [0.4, 0.5) is 0 Å². The van der Waals surface area contributed by atoms with Crippen molar-refractivity contribution in [1.29, 1.82) is 0 Å². The maximum Gasteiger partial charge on any atom is 0.0912 e. The third-order valence-electron chi connectivity index (χ3n) is 4.64. The fourth-order valence-corrected chi connectivity index (χ4v) is 3.07. The van der Waals surface area contributed by atoms with Crippen LogP contribution >= 0.6 is 0 Å². The number of nitrogens with zero attached hydrogens (tertiary/aromatic N) is 5. The highest BCUT2D eigenvalue weighted by molar-refractivity contribution is 5.99. The zero-order valence-corrected chi connectivity index (χ0v) is 15.2. The molecule has 1 aliphatic rings. The molecule has 0 bridgehead atoms. The average molecular weight is 321 g/mol. The van der Waals surface area contributed by atoms with Gasteiger partial charge in [-0.15, -0.1) is 0 Å². The van der Waals surface area contributed by atoms with E-state index in [-0.39, 0.29) is 5.54 Å².